The summed E-state index contributed by atoms with van der Waals surface area (Å²) in [5, 5.41) is 9.79. The average Bonchev–Trinajstić information content (AvgIpc) is 3.09. The lowest BCUT2D eigenvalue weighted by Gasteiger charge is -2.18. The first-order valence-corrected chi connectivity index (χ1v) is 6.69. The second kappa shape index (κ2) is 4.34. The van der Waals surface area contributed by atoms with E-state index in [0.717, 1.165) is 18.6 Å². The van der Waals surface area contributed by atoms with Gasteiger partial charge in [-0.2, -0.15) is 0 Å². The number of hydrogen-bond donors (Lipinski definition) is 1. The second-order valence-corrected chi connectivity index (χ2v) is 5.50. The highest BCUT2D eigenvalue weighted by atomic mass is 16.5. The molecule has 2 aliphatic rings. The molecule has 0 bridgehead atoms. The average molecular weight is 232 g/mol. The molecule has 0 heterocycles. The van der Waals surface area contributed by atoms with Gasteiger partial charge in [-0.3, -0.25) is 0 Å². The van der Waals surface area contributed by atoms with Crippen LogP contribution in [0.3, 0.4) is 0 Å². The van der Waals surface area contributed by atoms with Crippen LogP contribution in [0.15, 0.2) is 24.3 Å². The summed E-state index contributed by atoms with van der Waals surface area (Å²) >= 11 is 0. The van der Waals surface area contributed by atoms with E-state index in [0.29, 0.717) is 17.9 Å². The van der Waals surface area contributed by atoms with E-state index in [-0.39, 0.29) is 6.10 Å². The number of aliphatic hydroxyl groups excluding tert-OH is 1. The summed E-state index contributed by atoms with van der Waals surface area (Å²) in [6.07, 6.45) is 4.79. The molecule has 0 saturated heterocycles. The van der Waals surface area contributed by atoms with Gasteiger partial charge in [0.1, 0.15) is 5.75 Å². The summed E-state index contributed by atoms with van der Waals surface area (Å²) in [5.74, 6) is 1.88. The van der Waals surface area contributed by atoms with Crippen molar-refractivity contribution in [1.82, 2.24) is 0 Å². The maximum absolute atomic E-state index is 9.79. The van der Waals surface area contributed by atoms with E-state index in [1.165, 1.54) is 18.4 Å². The zero-order valence-corrected chi connectivity index (χ0v) is 10.3. The Bertz CT molecular complexity index is 380. The molecule has 3 unspecified atom stereocenters. The van der Waals surface area contributed by atoms with Crippen LogP contribution in [0.5, 0.6) is 5.75 Å². The topological polar surface area (TPSA) is 29.5 Å². The molecule has 2 aliphatic carbocycles. The standard InChI is InChI=1S/C15H20O2/c1-10-14(8-9-15(10)16)11-2-4-12(5-3-11)17-13-6-7-13/h2-5,10,13-16H,6-9H2,1H3. The summed E-state index contributed by atoms with van der Waals surface area (Å²) in [4.78, 5) is 0. The van der Waals surface area contributed by atoms with Crippen LogP contribution in [0.4, 0.5) is 0 Å². The smallest absolute Gasteiger partial charge is 0.119 e. The van der Waals surface area contributed by atoms with Gasteiger partial charge in [0.2, 0.25) is 0 Å². The number of hydrogen-bond acceptors (Lipinski definition) is 2. The predicted molar refractivity (Wildman–Crippen MR) is 67.2 cm³/mol. The third kappa shape index (κ3) is 2.32. The van der Waals surface area contributed by atoms with Crippen molar-refractivity contribution < 1.29 is 9.84 Å². The maximum Gasteiger partial charge on any atom is 0.119 e. The lowest BCUT2D eigenvalue weighted by molar-refractivity contribution is 0.136. The Kier molecular flexibility index (Phi) is 2.83. The lowest BCUT2D eigenvalue weighted by atomic mass is 9.89. The molecule has 2 fully saturated rings. The SMILES string of the molecule is CC1C(O)CCC1c1ccc(OC2CC2)cc1. The number of rotatable bonds is 3. The molecule has 17 heavy (non-hydrogen) atoms. The van der Waals surface area contributed by atoms with Gasteiger partial charge < -0.3 is 9.84 Å². The van der Waals surface area contributed by atoms with Crippen molar-refractivity contribution in [2.75, 3.05) is 0 Å². The van der Waals surface area contributed by atoms with Gasteiger partial charge >= 0.3 is 0 Å². The van der Waals surface area contributed by atoms with E-state index < -0.39 is 0 Å². The monoisotopic (exact) mass is 232 g/mol. The Labute approximate surface area is 103 Å². The summed E-state index contributed by atoms with van der Waals surface area (Å²) in [7, 11) is 0. The second-order valence-electron chi connectivity index (χ2n) is 5.50. The first kappa shape index (κ1) is 11.1. The third-order valence-electron chi connectivity index (χ3n) is 4.15. The van der Waals surface area contributed by atoms with Crippen molar-refractivity contribution >= 4 is 0 Å². The Morgan fingerprint density at radius 2 is 1.76 bits per heavy atom. The van der Waals surface area contributed by atoms with Gasteiger partial charge in [0.05, 0.1) is 12.2 Å². The number of ether oxygens (including phenoxy) is 1. The molecule has 2 heteroatoms. The number of benzene rings is 1. The van der Waals surface area contributed by atoms with E-state index in [4.69, 9.17) is 4.74 Å². The van der Waals surface area contributed by atoms with E-state index in [9.17, 15) is 5.11 Å². The molecule has 2 nitrogen and oxygen atoms in total. The highest BCUT2D eigenvalue weighted by Gasteiger charge is 2.32. The molecule has 0 aliphatic heterocycles. The Hall–Kier alpha value is -1.02. The van der Waals surface area contributed by atoms with Crippen molar-refractivity contribution in [1.29, 1.82) is 0 Å². The number of aliphatic hydroxyl groups is 1. The molecule has 3 rings (SSSR count). The third-order valence-corrected chi connectivity index (χ3v) is 4.15. The molecule has 92 valence electrons. The van der Waals surface area contributed by atoms with Crippen molar-refractivity contribution in [3.63, 3.8) is 0 Å². The first-order valence-electron chi connectivity index (χ1n) is 6.69. The van der Waals surface area contributed by atoms with Crippen molar-refractivity contribution in [2.24, 2.45) is 5.92 Å². The molecule has 2 saturated carbocycles. The molecule has 0 amide bonds. The Balaban J connectivity index is 1.70. The van der Waals surface area contributed by atoms with Crippen molar-refractivity contribution in [2.45, 2.75) is 50.7 Å². The van der Waals surface area contributed by atoms with E-state index >= 15 is 0 Å². The van der Waals surface area contributed by atoms with Crippen LogP contribution in [0.1, 0.15) is 44.1 Å². The zero-order valence-electron chi connectivity index (χ0n) is 10.3. The molecule has 1 aromatic rings. The summed E-state index contributed by atoms with van der Waals surface area (Å²) in [6.45, 7) is 2.15. The minimum atomic E-state index is -0.123. The molecule has 1 N–H and O–H groups in total. The minimum Gasteiger partial charge on any atom is -0.490 e. The van der Waals surface area contributed by atoms with Crippen LogP contribution in [0.2, 0.25) is 0 Å². The van der Waals surface area contributed by atoms with Gasteiger partial charge in [-0.15, -0.1) is 0 Å². The first-order chi connectivity index (χ1) is 8.24. The molecule has 0 aromatic heterocycles. The lowest BCUT2D eigenvalue weighted by Crippen LogP contribution is -2.14. The zero-order chi connectivity index (χ0) is 11.8. The molecule has 0 spiro atoms. The maximum atomic E-state index is 9.79. The Morgan fingerprint density at radius 3 is 2.29 bits per heavy atom. The molecule has 3 atom stereocenters. The predicted octanol–water partition coefficient (Wildman–Crippen LogP) is 3.10. The van der Waals surface area contributed by atoms with Crippen LogP contribution < -0.4 is 4.74 Å². The summed E-state index contributed by atoms with van der Waals surface area (Å²) in [5.41, 5.74) is 1.34. The fraction of sp³-hybridized carbons (Fsp3) is 0.600. The van der Waals surface area contributed by atoms with Crippen LogP contribution in [-0.2, 0) is 0 Å². The van der Waals surface area contributed by atoms with Gasteiger partial charge in [0.25, 0.3) is 0 Å². The van der Waals surface area contributed by atoms with Crippen molar-refractivity contribution in [3.05, 3.63) is 29.8 Å². The van der Waals surface area contributed by atoms with E-state index in [2.05, 4.69) is 31.2 Å². The van der Waals surface area contributed by atoms with Gasteiger partial charge in [-0.05, 0) is 55.2 Å². The van der Waals surface area contributed by atoms with Crippen LogP contribution in [0, 0.1) is 5.92 Å². The van der Waals surface area contributed by atoms with Gasteiger partial charge in [0, 0.05) is 0 Å². The largest absolute Gasteiger partial charge is 0.490 e. The van der Waals surface area contributed by atoms with Crippen LogP contribution >= 0.6 is 0 Å². The molecular formula is C15H20O2. The molecular weight excluding hydrogens is 212 g/mol. The highest BCUT2D eigenvalue weighted by Crippen LogP contribution is 2.40. The van der Waals surface area contributed by atoms with E-state index in [1.807, 2.05) is 0 Å². The van der Waals surface area contributed by atoms with Crippen LogP contribution in [-0.4, -0.2) is 17.3 Å². The summed E-state index contributed by atoms with van der Waals surface area (Å²) < 4.78 is 5.74. The highest BCUT2D eigenvalue weighted by molar-refractivity contribution is 5.31. The van der Waals surface area contributed by atoms with E-state index in [1.54, 1.807) is 0 Å². The normalized spacial score (nSPS) is 32.7. The molecule has 0 radical (unpaired) electrons. The van der Waals surface area contributed by atoms with Gasteiger partial charge in [0.15, 0.2) is 0 Å². The molecule has 1 aromatic carbocycles. The van der Waals surface area contributed by atoms with Crippen LogP contribution in [0.25, 0.3) is 0 Å². The van der Waals surface area contributed by atoms with Crippen molar-refractivity contribution in [3.8, 4) is 5.75 Å². The quantitative estimate of drug-likeness (QED) is 0.867. The fourth-order valence-corrected chi connectivity index (χ4v) is 2.79. The van der Waals surface area contributed by atoms with Gasteiger partial charge in [-0.1, -0.05) is 19.1 Å². The Morgan fingerprint density at radius 1 is 1.06 bits per heavy atom. The summed E-state index contributed by atoms with van der Waals surface area (Å²) in [6, 6.07) is 8.48. The minimum absolute atomic E-state index is 0.123. The van der Waals surface area contributed by atoms with Gasteiger partial charge in [-0.25, -0.2) is 0 Å². The fourth-order valence-electron chi connectivity index (χ4n) is 2.79.